The van der Waals surface area contributed by atoms with Crippen LogP contribution in [0.1, 0.15) is 18.1 Å². The van der Waals surface area contributed by atoms with Gasteiger partial charge in [0, 0.05) is 43.5 Å². The van der Waals surface area contributed by atoms with Gasteiger partial charge < -0.3 is 9.15 Å². The number of aromatic nitrogens is 1. The number of benzene rings is 2. The summed E-state index contributed by atoms with van der Waals surface area (Å²) in [4.78, 5) is 16.8. The molecule has 0 unspecified atom stereocenters. The molecule has 0 radical (unpaired) electrons. The van der Waals surface area contributed by atoms with E-state index < -0.39 is 15.8 Å². The van der Waals surface area contributed by atoms with Crippen LogP contribution in [0.2, 0.25) is 0 Å². The highest BCUT2D eigenvalue weighted by Crippen LogP contribution is 2.29. The summed E-state index contributed by atoms with van der Waals surface area (Å²) in [5.41, 5.74) is 2.46. The van der Waals surface area contributed by atoms with Crippen LogP contribution in [0.4, 0.5) is 5.69 Å². The highest BCUT2D eigenvalue weighted by molar-refractivity contribution is 7.90. The van der Waals surface area contributed by atoms with Crippen LogP contribution in [-0.4, -0.2) is 20.4 Å². The lowest BCUT2D eigenvalue weighted by atomic mass is 9.99. The smallest absolute Gasteiger partial charge is 0.340 e. The van der Waals surface area contributed by atoms with E-state index in [0.29, 0.717) is 34.2 Å². The normalized spacial score (nSPS) is 11.5. The molecule has 0 atom stereocenters. The van der Waals surface area contributed by atoms with E-state index in [1.54, 1.807) is 36.5 Å². The van der Waals surface area contributed by atoms with Crippen molar-refractivity contribution in [3.05, 3.63) is 81.2 Å². The quantitative estimate of drug-likeness (QED) is 0.403. The molecule has 0 fully saturated rings. The molecule has 31 heavy (non-hydrogen) atoms. The maximum absolute atomic E-state index is 12.7. The van der Waals surface area contributed by atoms with Crippen molar-refractivity contribution in [2.24, 2.45) is 0 Å². The van der Waals surface area contributed by atoms with Crippen LogP contribution in [0.5, 0.6) is 10.9 Å². The number of nitrogens with zero attached hydrogens (tertiary/aromatic N) is 1. The Labute approximate surface area is 184 Å². The van der Waals surface area contributed by atoms with E-state index in [1.165, 1.54) is 18.4 Å². The molecule has 10 heteroatoms. The zero-order valence-electron chi connectivity index (χ0n) is 16.7. The minimum Gasteiger partial charge on any atom is -0.431 e. The van der Waals surface area contributed by atoms with E-state index in [4.69, 9.17) is 9.15 Å². The molecule has 0 aliphatic carbocycles. The van der Waals surface area contributed by atoms with Gasteiger partial charge in [-0.25, -0.2) is 14.5 Å². The SMILES string of the molecule is CNS(=O)(=O)Nc1cccc(Cc2c(C)c3ccc(Oc4nccs4)cc3oc2=O)c1.[HH]. The number of rotatable bonds is 7. The second kappa shape index (κ2) is 8.50. The Bertz CT molecular complexity index is 1400. The minimum atomic E-state index is -3.63. The van der Waals surface area contributed by atoms with Gasteiger partial charge in [0.1, 0.15) is 11.3 Å². The van der Waals surface area contributed by atoms with Crippen LogP contribution in [0.15, 0.2) is 63.3 Å². The van der Waals surface area contributed by atoms with Crippen molar-refractivity contribution in [2.45, 2.75) is 13.3 Å². The summed E-state index contributed by atoms with van der Waals surface area (Å²) >= 11 is 1.37. The molecule has 0 saturated carbocycles. The van der Waals surface area contributed by atoms with Gasteiger partial charge in [0.25, 0.3) is 15.4 Å². The van der Waals surface area contributed by atoms with E-state index in [1.807, 2.05) is 24.4 Å². The molecule has 162 valence electrons. The van der Waals surface area contributed by atoms with E-state index in [2.05, 4.69) is 14.4 Å². The highest BCUT2D eigenvalue weighted by atomic mass is 32.2. The molecule has 2 N–H and O–H groups in total. The number of anilines is 1. The first kappa shape index (κ1) is 21.0. The Kier molecular flexibility index (Phi) is 5.77. The predicted octanol–water partition coefficient (Wildman–Crippen LogP) is 4.06. The van der Waals surface area contributed by atoms with Crippen LogP contribution >= 0.6 is 11.3 Å². The summed E-state index contributed by atoms with van der Waals surface area (Å²) in [6.07, 6.45) is 1.95. The fourth-order valence-corrected chi connectivity index (χ4v) is 4.20. The first-order valence-corrected chi connectivity index (χ1v) is 11.6. The average molecular weight is 460 g/mol. The van der Waals surface area contributed by atoms with Gasteiger partial charge in [0.05, 0.1) is 5.69 Å². The molecule has 2 aromatic carbocycles. The molecule has 8 nitrogen and oxygen atoms in total. The van der Waals surface area contributed by atoms with Crippen LogP contribution in [0.25, 0.3) is 11.0 Å². The molecule has 0 bridgehead atoms. The van der Waals surface area contributed by atoms with Gasteiger partial charge in [0.2, 0.25) is 0 Å². The van der Waals surface area contributed by atoms with Crippen LogP contribution in [0, 0.1) is 6.92 Å². The van der Waals surface area contributed by atoms with Gasteiger partial charge in [0.15, 0.2) is 0 Å². The number of hydrogen-bond acceptors (Lipinski definition) is 7. The number of aryl methyl sites for hydroxylation is 1. The van der Waals surface area contributed by atoms with Gasteiger partial charge in [-0.3, -0.25) is 4.72 Å². The Morgan fingerprint density at radius 1 is 1.23 bits per heavy atom. The molecule has 0 saturated heterocycles. The van der Waals surface area contributed by atoms with Gasteiger partial charge in [-0.1, -0.05) is 23.5 Å². The number of hydrogen-bond donors (Lipinski definition) is 2. The topological polar surface area (TPSA) is 111 Å². The van der Waals surface area contributed by atoms with Gasteiger partial charge in [-0.2, -0.15) is 8.42 Å². The summed E-state index contributed by atoms with van der Waals surface area (Å²) in [6, 6.07) is 12.2. The summed E-state index contributed by atoms with van der Waals surface area (Å²) < 4.78 is 39.3. The molecule has 4 rings (SSSR count). The monoisotopic (exact) mass is 459 g/mol. The summed E-state index contributed by atoms with van der Waals surface area (Å²) in [5.74, 6) is 0.530. The summed E-state index contributed by atoms with van der Waals surface area (Å²) in [7, 11) is -2.30. The first-order chi connectivity index (χ1) is 14.8. The zero-order chi connectivity index (χ0) is 22.0. The number of fused-ring (bicyclic) bond motifs is 1. The van der Waals surface area contributed by atoms with Crippen molar-refractivity contribution < 1.29 is 19.0 Å². The lowest BCUT2D eigenvalue weighted by molar-refractivity contribution is 0.476. The summed E-state index contributed by atoms with van der Waals surface area (Å²) in [5, 5.41) is 3.11. The Hall–Kier alpha value is -3.21. The van der Waals surface area contributed by atoms with E-state index in [9.17, 15) is 13.2 Å². The molecule has 0 aliphatic heterocycles. The molecular weight excluding hydrogens is 438 g/mol. The second-order valence-electron chi connectivity index (χ2n) is 6.74. The molecule has 0 spiro atoms. The fourth-order valence-electron chi connectivity index (χ4n) is 3.16. The minimum absolute atomic E-state index is 0. The zero-order valence-corrected chi connectivity index (χ0v) is 18.3. The number of thiazole rings is 1. The van der Waals surface area contributed by atoms with Crippen LogP contribution < -0.4 is 19.8 Å². The first-order valence-electron chi connectivity index (χ1n) is 9.28. The van der Waals surface area contributed by atoms with Gasteiger partial charge >= 0.3 is 5.63 Å². The predicted molar refractivity (Wildman–Crippen MR) is 122 cm³/mol. The van der Waals surface area contributed by atoms with E-state index in [0.717, 1.165) is 16.5 Å². The van der Waals surface area contributed by atoms with E-state index >= 15 is 0 Å². The van der Waals surface area contributed by atoms with Crippen LogP contribution in [-0.2, 0) is 16.6 Å². The second-order valence-corrected chi connectivity index (χ2v) is 9.21. The lowest BCUT2D eigenvalue weighted by Crippen LogP contribution is -2.26. The fraction of sp³-hybridized carbons (Fsp3) is 0.143. The average Bonchev–Trinajstić information content (AvgIpc) is 3.24. The maximum Gasteiger partial charge on any atom is 0.340 e. The third-order valence-electron chi connectivity index (χ3n) is 4.70. The molecule has 4 aromatic rings. The number of ether oxygens (including phenoxy) is 1. The van der Waals surface area contributed by atoms with Crippen molar-refractivity contribution in [2.75, 3.05) is 11.8 Å². The molecular formula is C21H21N3O5S2. The molecule has 2 aromatic heterocycles. The van der Waals surface area contributed by atoms with Crippen molar-refractivity contribution in [3.8, 4) is 10.9 Å². The van der Waals surface area contributed by atoms with Gasteiger partial charge in [-0.05, 0) is 42.3 Å². The molecule has 0 aliphatic rings. The Morgan fingerprint density at radius 3 is 2.81 bits per heavy atom. The Morgan fingerprint density at radius 2 is 2.06 bits per heavy atom. The van der Waals surface area contributed by atoms with Crippen molar-refractivity contribution >= 4 is 38.2 Å². The van der Waals surface area contributed by atoms with Crippen molar-refractivity contribution in [1.29, 1.82) is 0 Å². The molecule has 2 heterocycles. The third-order valence-corrected chi connectivity index (χ3v) is 6.39. The third kappa shape index (κ3) is 4.76. The molecule has 0 amide bonds. The standard InChI is InChI=1S/C21H19N3O5S2.H2/c1-13-17-7-6-16(28-21-23-8-9-30-21)12-19(17)29-20(25)18(13)11-14-4-3-5-15(10-14)24-31(26,27)22-2;/h3-10,12,22,24H,11H2,1-2H3;1H. The van der Waals surface area contributed by atoms with Crippen molar-refractivity contribution in [3.63, 3.8) is 0 Å². The maximum atomic E-state index is 12.7. The van der Waals surface area contributed by atoms with Crippen molar-refractivity contribution in [1.82, 2.24) is 9.71 Å². The van der Waals surface area contributed by atoms with Gasteiger partial charge in [-0.15, -0.1) is 0 Å². The Balaban J connectivity index is 0.00000289. The number of nitrogens with one attached hydrogen (secondary N) is 2. The largest absolute Gasteiger partial charge is 0.431 e. The van der Waals surface area contributed by atoms with Crippen LogP contribution in [0.3, 0.4) is 0 Å². The van der Waals surface area contributed by atoms with E-state index in [-0.39, 0.29) is 1.43 Å². The summed E-state index contributed by atoms with van der Waals surface area (Å²) in [6.45, 7) is 1.86. The lowest BCUT2D eigenvalue weighted by Gasteiger charge is -2.11. The highest BCUT2D eigenvalue weighted by Gasteiger charge is 2.14.